The van der Waals surface area contributed by atoms with Gasteiger partial charge in [0.05, 0.1) is 17.5 Å². The highest BCUT2D eigenvalue weighted by Crippen LogP contribution is 2.25. The fraction of sp³-hybridized carbons (Fsp3) is 0.320. The maximum absolute atomic E-state index is 12.8. The molecule has 3 rings (SSSR count). The smallest absolute Gasteiger partial charge is 0.287 e. The van der Waals surface area contributed by atoms with E-state index in [0.29, 0.717) is 18.2 Å². The summed E-state index contributed by atoms with van der Waals surface area (Å²) in [7, 11) is -3.90. The number of furan rings is 1. The Morgan fingerprint density at radius 2 is 1.65 bits per heavy atom. The molecule has 9 heteroatoms. The van der Waals surface area contributed by atoms with Gasteiger partial charge < -0.3 is 14.5 Å². The molecule has 3 aromatic rings. The monoisotopic (exact) mass is 504 g/mol. The van der Waals surface area contributed by atoms with Crippen LogP contribution in [0.4, 0.5) is 0 Å². The topological polar surface area (TPSA) is 88.8 Å². The first-order valence-electron chi connectivity index (χ1n) is 11.2. The van der Waals surface area contributed by atoms with Gasteiger partial charge in [-0.1, -0.05) is 37.6 Å². The number of carbonyl (C=O) groups excluding carboxylic acids is 1. The van der Waals surface area contributed by atoms with Gasteiger partial charge in [0.15, 0.2) is 5.76 Å². The van der Waals surface area contributed by atoms with Crippen LogP contribution in [-0.4, -0.2) is 45.5 Å². The van der Waals surface area contributed by atoms with Crippen LogP contribution >= 0.6 is 11.6 Å². The summed E-state index contributed by atoms with van der Waals surface area (Å²) in [6, 6.07) is 16.1. The molecule has 0 aliphatic carbocycles. The minimum atomic E-state index is -3.90. The first-order valence-corrected chi connectivity index (χ1v) is 13.0. The van der Waals surface area contributed by atoms with Crippen molar-refractivity contribution in [1.29, 1.82) is 0 Å². The van der Waals surface area contributed by atoms with Gasteiger partial charge in [0.2, 0.25) is 14.9 Å². The molecular formula is C25H29ClN2O5S. The van der Waals surface area contributed by atoms with Crippen molar-refractivity contribution in [3.8, 4) is 5.75 Å². The van der Waals surface area contributed by atoms with E-state index in [0.717, 1.165) is 24.4 Å². The quantitative estimate of drug-likeness (QED) is 0.396. The van der Waals surface area contributed by atoms with Crippen molar-refractivity contribution in [2.24, 2.45) is 0 Å². The van der Waals surface area contributed by atoms with Crippen LogP contribution in [0.1, 0.15) is 42.9 Å². The van der Waals surface area contributed by atoms with E-state index in [-0.39, 0.29) is 21.8 Å². The highest BCUT2D eigenvalue weighted by molar-refractivity contribution is 7.91. The number of sulfone groups is 1. The van der Waals surface area contributed by atoms with Crippen molar-refractivity contribution >= 4 is 27.3 Å². The molecule has 0 bridgehead atoms. The molecule has 34 heavy (non-hydrogen) atoms. The summed E-state index contributed by atoms with van der Waals surface area (Å²) in [5.74, 6) is 0.233. The number of hydrogen-bond donors (Lipinski definition) is 1. The molecule has 1 N–H and O–H groups in total. The van der Waals surface area contributed by atoms with Crippen LogP contribution in [0.15, 0.2) is 75.1 Å². The average Bonchev–Trinajstić information content (AvgIpc) is 3.34. The Hall–Kier alpha value is -2.81. The first-order chi connectivity index (χ1) is 16.3. The van der Waals surface area contributed by atoms with Gasteiger partial charge in [0.1, 0.15) is 5.75 Å². The van der Waals surface area contributed by atoms with Crippen LogP contribution in [0.3, 0.4) is 0 Å². The van der Waals surface area contributed by atoms with Crippen molar-refractivity contribution < 1.29 is 22.4 Å². The molecule has 0 saturated carbocycles. The summed E-state index contributed by atoms with van der Waals surface area (Å²) in [5.41, 5.74) is 1.04. The first kappa shape index (κ1) is 25.8. The Balaban J connectivity index is 1.74. The average molecular weight is 505 g/mol. The Morgan fingerprint density at radius 1 is 1.00 bits per heavy atom. The van der Waals surface area contributed by atoms with Crippen molar-refractivity contribution in [3.05, 3.63) is 77.0 Å². The number of ether oxygens (including phenoxy) is 1. The number of rotatable bonds is 11. The largest absolute Gasteiger partial charge is 0.494 e. The predicted octanol–water partition coefficient (Wildman–Crippen LogP) is 4.98. The number of nitrogens with one attached hydrogen (secondary N) is 1. The predicted molar refractivity (Wildman–Crippen MR) is 131 cm³/mol. The molecule has 0 fully saturated rings. The van der Waals surface area contributed by atoms with Gasteiger partial charge in [-0.05, 0) is 74.1 Å². The second-order valence-corrected chi connectivity index (χ2v) is 9.84. The van der Waals surface area contributed by atoms with E-state index in [1.54, 1.807) is 0 Å². The number of carbonyl (C=O) groups is 1. The fourth-order valence-corrected chi connectivity index (χ4v) is 4.97. The lowest BCUT2D eigenvalue weighted by atomic mass is 10.0. The molecule has 1 heterocycles. The van der Waals surface area contributed by atoms with Gasteiger partial charge in [0, 0.05) is 11.6 Å². The van der Waals surface area contributed by atoms with Crippen molar-refractivity contribution in [2.45, 2.75) is 36.8 Å². The van der Waals surface area contributed by atoms with E-state index in [1.807, 2.05) is 31.2 Å². The van der Waals surface area contributed by atoms with Crippen molar-refractivity contribution in [3.63, 3.8) is 0 Å². The normalized spacial score (nSPS) is 12.5. The molecule has 0 saturated heterocycles. The molecule has 2 aromatic carbocycles. The molecule has 0 radical (unpaired) electrons. The summed E-state index contributed by atoms with van der Waals surface area (Å²) in [6.07, 6.45) is 0. The van der Waals surface area contributed by atoms with Gasteiger partial charge in [-0.3, -0.25) is 9.69 Å². The van der Waals surface area contributed by atoms with E-state index < -0.39 is 15.7 Å². The SMILES string of the molecule is CCOc1ccc(C(CNC(=O)c2ccc(S(=O)(=O)c3ccc(Cl)cc3)o2)N(CC)CC)cc1. The van der Waals surface area contributed by atoms with Crippen LogP contribution in [0, 0.1) is 0 Å². The zero-order chi connectivity index (χ0) is 24.7. The van der Waals surface area contributed by atoms with Crippen molar-refractivity contribution in [2.75, 3.05) is 26.2 Å². The molecule has 0 aliphatic rings. The standard InChI is InChI=1S/C25H29ClN2O5S/c1-4-28(5-2)22(18-7-11-20(12-8-18)32-6-3)17-27-25(29)23-15-16-24(33-23)34(30,31)21-13-9-19(26)10-14-21/h7-16,22H,4-6,17H2,1-3H3,(H,27,29). The Morgan fingerprint density at radius 3 is 2.24 bits per heavy atom. The molecule has 7 nitrogen and oxygen atoms in total. The summed E-state index contributed by atoms with van der Waals surface area (Å²) >= 11 is 5.84. The highest BCUT2D eigenvalue weighted by Gasteiger charge is 2.25. The van der Waals surface area contributed by atoms with Crippen molar-refractivity contribution in [1.82, 2.24) is 10.2 Å². The lowest BCUT2D eigenvalue weighted by molar-refractivity contribution is 0.0902. The summed E-state index contributed by atoms with van der Waals surface area (Å²) in [5, 5.41) is 3.01. The highest BCUT2D eigenvalue weighted by atomic mass is 35.5. The lowest BCUT2D eigenvalue weighted by Gasteiger charge is -2.30. The van der Waals surface area contributed by atoms with Crippen LogP contribution in [0.5, 0.6) is 5.75 Å². The number of halogens is 1. The van der Waals surface area contributed by atoms with E-state index in [2.05, 4.69) is 24.1 Å². The van der Waals surface area contributed by atoms with Gasteiger partial charge in [-0.2, -0.15) is 0 Å². The molecule has 0 spiro atoms. The van der Waals surface area contributed by atoms with Crippen LogP contribution < -0.4 is 10.1 Å². The maximum Gasteiger partial charge on any atom is 0.287 e. The molecule has 1 unspecified atom stereocenters. The zero-order valence-corrected chi connectivity index (χ0v) is 21.0. The lowest BCUT2D eigenvalue weighted by Crippen LogP contribution is -2.38. The van der Waals surface area contributed by atoms with Gasteiger partial charge >= 0.3 is 0 Å². The molecule has 182 valence electrons. The third kappa shape index (κ3) is 6.00. The maximum atomic E-state index is 12.8. The van der Waals surface area contributed by atoms with Gasteiger partial charge in [-0.15, -0.1) is 0 Å². The van der Waals surface area contributed by atoms with Gasteiger partial charge in [0.25, 0.3) is 5.91 Å². The summed E-state index contributed by atoms with van der Waals surface area (Å²) in [4.78, 5) is 15.1. The number of likely N-dealkylation sites (N-methyl/N-ethyl adjacent to an activating group) is 1. The fourth-order valence-electron chi connectivity index (χ4n) is 3.67. The second-order valence-electron chi connectivity index (χ2n) is 7.53. The molecule has 1 atom stereocenters. The zero-order valence-electron chi connectivity index (χ0n) is 19.5. The van der Waals surface area contributed by atoms with E-state index in [9.17, 15) is 13.2 Å². The molecule has 0 aliphatic heterocycles. The number of hydrogen-bond acceptors (Lipinski definition) is 6. The summed E-state index contributed by atoms with van der Waals surface area (Å²) in [6.45, 7) is 8.58. The van der Waals surface area contributed by atoms with Crippen LogP contribution in [0.2, 0.25) is 5.02 Å². The Labute approximate surface area is 205 Å². The number of amides is 1. The minimum absolute atomic E-state index is 0.0373. The number of nitrogens with zero attached hydrogens (tertiary/aromatic N) is 1. The summed E-state index contributed by atoms with van der Waals surface area (Å²) < 4.78 is 36.5. The third-order valence-corrected chi connectivity index (χ3v) is 7.37. The third-order valence-electron chi connectivity index (χ3n) is 5.48. The Kier molecular flexibility index (Phi) is 8.77. The second kappa shape index (κ2) is 11.6. The minimum Gasteiger partial charge on any atom is -0.494 e. The molecule has 1 aromatic heterocycles. The van der Waals surface area contributed by atoms with Crippen LogP contribution in [0.25, 0.3) is 0 Å². The van der Waals surface area contributed by atoms with E-state index in [1.165, 1.54) is 36.4 Å². The van der Waals surface area contributed by atoms with Gasteiger partial charge in [-0.25, -0.2) is 8.42 Å². The number of benzene rings is 2. The Bertz CT molecular complexity index is 1190. The van der Waals surface area contributed by atoms with Crippen LogP contribution in [-0.2, 0) is 9.84 Å². The van der Waals surface area contributed by atoms with E-state index >= 15 is 0 Å². The van der Waals surface area contributed by atoms with E-state index in [4.69, 9.17) is 20.8 Å². The molecular weight excluding hydrogens is 476 g/mol. The molecule has 1 amide bonds.